The fraction of sp³-hybridized carbons (Fsp3) is 0.529. The van der Waals surface area contributed by atoms with Crippen LogP contribution in [0.2, 0.25) is 0 Å². The van der Waals surface area contributed by atoms with Crippen molar-refractivity contribution in [1.82, 2.24) is 9.80 Å². The highest BCUT2D eigenvalue weighted by Crippen LogP contribution is 2.18. The number of nitrogens with zero attached hydrogens (tertiary/aromatic N) is 2. The Balaban J connectivity index is 1.69. The van der Waals surface area contributed by atoms with Gasteiger partial charge in [0.15, 0.2) is 5.78 Å². The molecule has 138 valence electrons. The standard InChI is InChI=1S/C17H20BrF3N2O2/c18-14-6-4-13(5-7-14)15(24)2-1-3-16(25)23-10-8-22(9-11-23)12-17(19,20)21/h4-7H,1-3,8-12H2. The van der Waals surface area contributed by atoms with E-state index in [4.69, 9.17) is 0 Å². The number of benzene rings is 1. The molecular weight excluding hydrogens is 401 g/mol. The highest BCUT2D eigenvalue weighted by atomic mass is 79.9. The molecule has 0 bridgehead atoms. The lowest BCUT2D eigenvalue weighted by Crippen LogP contribution is -2.50. The summed E-state index contributed by atoms with van der Waals surface area (Å²) in [6.07, 6.45) is -3.25. The van der Waals surface area contributed by atoms with Gasteiger partial charge >= 0.3 is 6.18 Å². The Bertz CT molecular complexity index is 597. The van der Waals surface area contributed by atoms with Crippen LogP contribution in [-0.2, 0) is 4.79 Å². The molecule has 0 spiro atoms. The van der Waals surface area contributed by atoms with Crippen LogP contribution in [0.4, 0.5) is 13.2 Å². The lowest BCUT2D eigenvalue weighted by Gasteiger charge is -2.35. The van der Waals surface area contributed by atoms with Gasteiger partial charge in [0.2, 0.25) is 5.91 Å². The molecular formula is C17H20BrF3N2O2. The smallest absolute Gasteiger partial charge is 0.340 e. The van der Waals surface area contributed by atoms with Crippen LogP contribution in [0.1, 0.15) is 29.6 Å². The van der Waals surface area contributed by atoms with Gasteiger partial charge in [0, 0.05) is 49.1 Å². The molecule has 1 amide bonds. The molecule has 4 nitrogen and oxygen atoms in total. The van der Waals surface area contributed by atoms with E-state index in [1.807, 2.05) is 0 Å². The van der Waals surface area contributed by atoms with Crippen LogP contribution >= 0.6 is 15.9 Å². The molecule has 0 N–H and O–H groups in total. The highest BCUT2D eigenvalue weighted by Gasteiger charge is 2.32. The number of alkyl halides is 3. The van der Waals surface area contributed by atoms with Gasteiger partial charge in [0.05, 0.1) is 6.54 Å². The van der Waals surface area contributed by atoms with E-state index in [1.54, 1.807) is 29.2 Å². The summed E-state index contributed by atoms with van der Waals surface area (Å²) in [6, 6.07) is 7.04. The summed E-state index contributed by atoms with van der Waals surface area (Å²) in [5.74, 6) is -0.120. The maximum atomic E-state index is 12.3. The van der Waals surface area contributed by atoms with Crippen molar-refractivity contribution in [3.8, 4) is 0 Å². The Labute approximate surface area is 153 Å². The van der Waals surface area contributed by atoms with Gasteiger partial charge in [-0.3, -0.25) is 14.5 Å². The first-order valence-corrected chi connectivity index (χ1v) is 8.89. The van der Waals surface area contributed by atoms with E-state index in [-0.39, 0.29) is 37.6 Å². The van der Waals surface area contributed by atoms with Crippen molar-refractivity contribution in [2.75, 3.05) is 32.7 Å². The summed E-state index contributed by atoms with van der Waals surface area (Å²) in [5.41, 5.74) is 0.608. The Hall–Kier alpha value is -1.41. The highest BCUT2D eigenvalue weighted by molar-refractivity contribution is 9.10. The topological polar surface area (TPSA) is 40.6 Å². The van der Waals surface area contributed by atoms with Crippen molar-refractivity contribution in [1.29, 1.82) is 0 Å². The summed E-state index contributed by atoms with van der Waals surface area (Å²) in [5, 5.41) is 0. The van der Waals surface area contributed by atoms with Gasteiger partial charge in [-0.05, 0) is 18.6 Å². The van der Waals surface area contributed by atoms with Crippen molar-refractivity contribution in [2.24, 2.45) is 0 Å². The predicted octanol–water partition coefficient (Wildman–Crippen LogP) is 3.51. The molecule has 0 radical (unpaired) electrons. The van der Waals surface area contributed by atoms with Crippen molar-refractivity contribution in [2.45, 2.75) is 25.4 Å². The first-order valence-electron chi connectivity index (χ1n) is 8.10. The summed E-state index contributed by atoms with van der Waals surface area (Å²) >= 11 is 3.30. The minimum atomic E-state index is -4.21. The third-order valence-electron chi connectivity index (χ3n) is 4.09. The molecule has 1 aliphatic rings. The number of carbonyl (C=O) groups excluding carboxylic acids is 2. The van der Waals surface area contributed by atoms with E-state index in [0.29, 0.717) is 25.1 Å². The van der Waals surface area contributed by atoms with Gasteiger partial charge in [-0.25, -0.2) is 0 Å². The number of carbonyl (C=O) groups is 2. The van der Waals surface area contributed by atoms with Crippen molar-refractivity contribution in [3.63, 3.8) is 0 Å². The van der Waals surface area contributed by atoms with Crippen LogP contribution in [0.25, 0.3) is 0 Å². The van der Waals surface area contributed by atoms with Crippen LogP contribution in [0.5, 0.6) is 0 Å². The maximum Gasteiger partial charge on any atom is 0.401 e. The Morgan fingerprint density at radius 1 is 1.00 bits per heavy atom. The third kappa shape index (κ3) is 6.78. The van der Waals surface area contributed by atoms with E-state index in [1.165, 1.54) is 4.90 Å². The first-order chi connectivity index (χ1) is 11.7. The Morgan fingerprint density at radius 3 is 2.16 bits per heavy atom. The number of piperazine rings is 1. The van der Waals surface area contributed by atoms with Gasteiger partial charge in [-0.1, -0.05) is 28.1 Å². The molecule has 2 rings (SSSR count). The van der Waals surface area contributed by atoms with Gasteiger partial charge in [-0.15, -0.1) is 0 Å². The molecule has 1 aliphatic heterocycles. The van der Waals surface area contributed by atoms with Gasteiger partial charge in [0.25, 0.3) is 0 Å². The number of amides is 1. The predicted molar refractivity (Wildman–Crippen MR) is 91.4 cm³/mol. The minimum Gasteiger partial charge on any atom is -0.340 e. The molecule has 1 aromatic rings. The number of Topliss-reactive ketones (excluding diaryl/α,β-unsaturated/α-hetero) is 1. The van der Waals surface area contributed by atoms with E-state index in [9.17, 15) is 22.8 Å². The first kappa shape index (κ1) is 19.9. The summed E-state index contributed by atoms with van der Waals surface area (Å²) in [4.78, 5) is 27.0. The van der Waals surface area contributed by atoms with Crippen LogP contribution < -0.4 is 0 Å². The normalized spacial score (nSPS) is 16.1. The molecule has 1 fully saturated rings. The molecule has 0 aromatic heterocycles. The molecule has 25 heavy (non-hydrogen) atoms. The van der Waals surface area contributed by atoms with Crippen LogP contribution in [0, 0.1) is 0 Å². The second-order valence-electron chi connectivity index (χ2n) is 6.06. The number of hydrogen-bond donors (Lipinski definition) is 0. The molecule has 0 aliphatic carbocycles. The lowest BCUT2D eigenvalue weighted by atomic mass is 10.1. The van der Waals surface area contributed by atoms with Gasteiger partial charge in [-0.2, -0.15) is 13.2 Å². The molecule has 0 saturated carbocycles. The van der Waals surface area contributed by atoms with Gasteiger partial charge < -0.3 is 4.90 Å². The average Bonchev–Trinajstić information content (AvgIpc) is 2.54. The minimum absolute atomic E-state index is 0.0182. The van der Waals surface area contributed by atoms with E-state index >= 15 is 0 Å². The van der Waals surface area contributed by atoms with Crippen molar-refractivity contribution < 1.29 is 22.8 Å². The molecule has 0 atom stereocenters. The zero-order valence-corrected chi connectivity index (χ0v) is 15.3. The van der Waals surface area contributed by atoms with Crippen LogP contribution in [0.3, 0.4) is 0 Å². The zero-order valence-electron chi connectivity index (χ0n) is 13.7. The van der Waals surface area contributed by atoms with Crippen LogP contribution in [0.15, 0.2) is 28.7 Å². The second kappa shape index (κ2) is 8.80. The fourth-order valence-electron chi connectivity index (χ4n) is 2.75. The van der Waals surface area contributed by atoms with Gasteiger partial charge in [0.1, 0.15) is 0 Å². The number of rotatable bonds is 6. The molecule has 1 heterocycles. The van der Waals surface area contributed by atoms with E-state index in [0.717, 1.165) is 4.47 Å². The fourth-order valence-corrected chi connectivity index (χ4v) is 3.01. The third-order valence-corrected chi connectivity index (χ3v) is 4.62. The SMILES string of the molecule is O=C(CCCC(=O)N1CCN(CC(F)(F)F)CC1)c1ccc(Br)cc1. The number of halogens is 4. The Morgan fingerprint density at radius 2 is 1.60 bits per heavy atom. The summed E-state index contributed by atoms with van der Waals surface area (Å²) < 4.78 is 37.9. The largest absolute Gasteiger partial charge is 0.401 e. The molecule has 1 saturated heterocycles. The van der Waals surface area contributed by atoms with Crippen LogP contribution in [-0.4, -0.2) is 60.4 Å². The average molecular weight is 421 g/mol. The number of ketones is 1. The summed E-state index contributed by atoms with van der Waals surface area (Å²) in [6.45, 7) is 0.119. The van der Waals surface area contributed by atoms with Crippen molar-refractivity contribution >= 4 is 27.6 Å². The quantitative estimate of drug-likeness (QED) is 0.661. The lowest BCUT2D eigenvalue weighted by molar-refractivity contribution is -0.151. The van der Waals surface area contributed by atoms with E-state index in [2.05, 4.69) is 15.9 Å². The molecule has 8 heteroatoms. The second-order valence-corrected chi connectivity index (χ2v) is 6.97. The monoisotopic (exact) mass is 420 g/mol. The molecule has 1 aromatic carbocycles. The maximum absolute atomic E-state index is 12.3. The summed E-state index contributed by atoms with van der Waals surface area (Å²) in [7, 11) is 0. The molecule has 0 unspecified atom stereocenters. The van der Waals surface area contributed by atoms with Crippen molar-refractivity contribution in [3.05, 3.63) is 34.3 Å². The van der Waals surface area contributed by atoms with E-state index < -0.39 is 12.7 Å². The Kier molecular flexibility index (Phi) is 7.01. The number of hydrogen-bond acceptors (Lipinski definition) is 3. The zero-order chi connectivity index (χ0) is 18.4.